The molecule has 1 amide bonds. The SMILES string of the molecule is CS(=O)(=O)N1CCC(Cc2ccc3cc(O)c(N4CC(=O)NS4(=O)=O)c(F)c3c2)C1. The molecule has 2 aromatic carbocycles. The van der Waals surface area contributed by atoms with Crippen LogP contribution in [0.2, 0.25) is 0 Å². The Kier molecular flexibility index (Phi) is 4.90. The molecule has 0 aromatic heterocycles. The zero-order valence-electron chi connectivity index (χ0n) is 16.0. The molecule has 1 atom stereocenters. The van der Waals surface area contributed by atoms with Gasteiger partial charge in [0.25, 0.3) is 5.91 Å². The van der Waals surface area contributed by atoms with Crippen molar-refractivity contribution in [1.29, 1.82) is 0 Å². The third kappa shape index (κ3) is 3.70. The molecule has 9 nitrogen and oxygen atoms in total. The molecule has 2 N–H and O–H groups in total. The van der Waals surface area contributed by atoms with Crippen LogP contribution in [0.5, 0.6) is 5.75 Å². The number of rotatable bonds is 4. The van der Waals surface area contributed by atoms with Crippen LogP contribution in [0.15, 0.2) is 24.3 Å². The minimum atomic E-state index is -4.28. The Labute approximate surface area is 173 Å². The lowest BCUT2D eigenvalue weighted by molar-refractivity contribution is -0.117. The van der Waals surface area contributed by atoms with Crippen LogP contribution in [0.25, 0.3) is 10.8 Å². The van der Waals surface area contributed by atoms with Crippen LogP contribution in [-0.2, 0) is 31.4 Å². The number of fused-ring (bicyclic) bond motifs is 1. The molecule has 0 bridgehead atoms. The molecule has 0 aliphatic carbocycles. The zero-order valence-corrected chi connectivity index (χ0v) is 17.6. The fourth-order valence-electron chi connectivity index (χ4n) is 3.98. The summed E-state index contributed by atoms with van der Waals surface area (Å²) < 4.78 is 66.5. The molecule has 0 radical (unpaired) electrons. The van der Waals surface area contributed by atoms with E-state index >= 15 is 4.39 Å². The van der Waals surface area contributed by atoms with Crippen molar-refractivity contribution < 1.29 is 31.1 Å². The maximum absolute atomic E-state index is 15.3. The van der Waals surface area contributed by atoms with E-state index in [0.29, 0.717) is 35.6 Å². The molecule has 2 fully saturated rings. The Bertz CT molecular complexity index is 1260. The third-order valence-electron chi connectivity index (χ3n) is 5.41. The maximum atomic E-state index is 15.3. The lowest BCUT2D eigenvalue weighted by atomic mass is 9.96. The van der Waals surface area contributed by atoms with Gasteiger partial charge in [-0.05, 0) is 41.8 Å². The molecular formula is C18H20FN3O6S2. The van der Waals surface area contributed by atoms with E-state index in [0.717, 1.165) is 5.56 Å². The van der Waals surface area contributed by atoms with Gasteiger partial charge in [0, 0.05) is 18.5 Å². The quantitative estimate of drug-likeness (QED) is 0.696. The molecule has 0 saturated carbocycles. The summed E-state index contributed by atoms with van der Waals surface area (Å²) in [6.45, 7) is 0.207. The molecule has 2 aliphatic heterocycles. The lowest BCUT2D eigenvalue weighted by Gasteiger charge is -2.19. The van der Waals surface area contributed by atoms with E-state index in [-0.39, 0.29) is 11.3 Å². The number of hydrogen-bond acceptors (Lipinski definition) is 6. The number of sulfonamides is 1. The van der Waals surface area contributed by atoms with Crippen molar-refractivity contribution in [3.63, 3.8) is 0 Å². The molecule has 2 aromatic rings. The Morgan fingerprint density at radius 2 is 2.03 bits per heavy atom. The number of carbonyl (C=O) groups is 1. The van der Waals surface area contributed by atoms with E-state index < -0.39 is 49.9 Å². The summed E-state index contributed by atoms with van der Waals surface area (Å²) in [5, 5.41) is 10.7. The first-order valence-corrected chi connectivity index (χ1v) is 12.5. The number of phenols is 1. The normalized spacial score (nSPS) is 22.0. The number of halogens is 1. The van der Waals surface area contributed by atoms with Crippen LogP contribution in [0.1, 0.15) is 12.0 Å². The van der Waals surface area contributed by atoms with Gasteiger partial charge in [-0.1, -0.05) is 12.1 Å². The van der Waals surface area contributed by atoms with Crippen LogP contribution in [0.4, 0.5) is 10.1 Å². The molecular weight excluding hydrogens is 437 g/mol. The molecule has 1 unspecified atom stereocenters. The number of phenolic OH excluding ortho intramolecular Hbond substituents is 1. The van der Waals surface area contributed by atoms with E-state index in [1.54, 1.807) is 22.9 Å². The van der Waals surface area contributed by atoms with Crippen LogP contribution < -0.4 is 9.03 Å². The number of nitrogens with zero attached hydrogens (tertiary/aromatic N) is 2. The highest BCUT2D eigenvalue weighted by atomic mass is 32.2. The van der Waals surface area contributed by atoms with E-state index in [2.05, 4.69) is 0 Å². The van der Waals surface area contributed by atoms with Gasteiger partial charge in [-0.15, -0.1) is 0 Å². The number of carbonyl (C=O) groups excluding carboxylic acids is 1. The van der Waals surface area contributed by atoms with Gasteiger partial charge in [0.15, 0.2) is 5.82 Å². The summed E-state index contributed by atoms with van der Waals surface area (Å²) in [5.74, 6) is -2.28. The van der Waals surface area contributed by atoms with Gasteiger partial charge >= 0.3 is 10.2 Å². The van der Waals surface area contributed by atoms with E-state index in [1.165, 1.54) is 16.6 Å². The number of benzene rings is 2. The van der Waals surface area contributed by atoms with Gasteiger partial charge in [-0.3, -0.25) is 4.79 Å². The van der Waals surface area contributed by atoms with Gasteiger partial charge in [0.05, 0.1) is 6.26 Å². The number of nitrogens with one attached hydrogen (secondary N) is 1. The third-order valence-corrected chi connectivity index (χ3v) is 8.06. The Balaban J connectivity index is 1.69. The minimum Gasteiger partial charge on any atom is -0.506 e. The predicted octanol–water partition coefficient (Wildman–Crippen LogP) is 0.690. The summed E-state index contributed by atoms with van der Waals surface area (Å²) in [5.41, 5.74) is 0.180. The van der Waals surface area contributed by atoms with Crippen LogP contribution in [-0.4, -0.2) is 58.0 Å². The average Bonchev–Trinajstić information content (AvgIpc) is 3.19. The number of anilines is 1. The molecule has 4 rings (SSSR count). The van der Waals surface area contributed by atoms with E-state index in [9.17, 15) is 26.7 Å². The van der Waals surface area contributed by atoms with Crippen molar-refractivity contribution >= 4 is 42.6 Å². The van der Waals surface area contributed by atoms with Gasteiger partial charge in [0.1, 0.15) is 18.0 Å². The Morgan fingerprint density at radius 1 is 1.30 bits per heavy atom. The number of aromatic hydroxyl groups is 1. The second-order valence-electron chi connectivity index (χ2n) is 7.63. The first-order valence-electron chi connectivity index (χ1n) is 9.18. The van der Waals surface area contributed by atoms with Crippen LogP contribution >= 0.6 is 0 Å². The zero-order chi connectivity index (χ0) is 21.8. The van der Waals surface area contributed by atoms with Crippen molar-refractivity contribution in [3.8, 4) is 5.75 Å². The summed E-state index contributed by atoms with van der Waals surface area (Å²) >= 11 is 0. The summed E-state index contributed by atoms with van der Waals surface area (Å²) in [7, 11) is -7.54. The van der Waals surface area contributed by atoms with Gasteiger partial charge in [-0.25, -0.2) is 26.1 Å². The van der Waals surface area contributed by atoms with Gasteiger partial charge < -0.3 is 5.11 Å². The van der Waals surface area contributed by atoms with Crippen LogP contribution in [0, 0.1) is 11.7 Å². The second-order valence-corrected chi connectivity index (χ2v) is 11.2. The van der Waals surface area contributed by atoms with E-state index in [4.69, 9.17) is 0 Å². The maximum Gasteiger partial charge on any atom is 0.326 e. The molecule has 12 heteroatoms. The first-order chi connectivity index (χ1) is 14.0. The Hall–Kier alpha value is -2.44. The summed E-state index contributed by atoms with van der Waals surface area (Å²) in [6.07, 6.45) is 2.38. The first kappa shape index (κ1) is 20.8. The molecule has 0 spiro atoms. The molecule has 162 valence electrons. The standard InChI is InChI=1S/C18H20FN3O6S2/c1-29(25,26)21-5-4-12(9-21)6-11-2-3-13-8-15(23)18(17(19)14(13)7-11)22-10-16(24)20-30(22,27)28/h2-3,7-8,12,23H,4-6,9-10H2,1H3,(H,20,24). The largest absolute Gasteiger partial charge is 0.506 e. The van der Waals surface area contributed by atoms with Crippen molar-refractivity contribution in [3.05, 3.63) is 35.6 Å². The predicted molar refractivity (Wildman–Crippen MR) is 108 cm³/mol. The molecule has 2 saturated heterocycles. The smallest absolute Gasteiger partial charge is 0.326 e. The second kappa shape index (κ2) is 7.06. The van der Waals surface area contributed by atoms with Crippen LogP contribution in [0.3, 0.4) is 0 Å². The fourth-order valence-corrected chi connectivity index (χ4v) is 6.07. The highest BCUT2D eigenvalue weighted by Crippen LogP contribution is 2.39. The molecule has 2 aliphatic rings. The van der Waals surface area contributed by atoms with Gasteiger partial charge in [0.2, 0.25) is 10.0 Å². The number of hydrogen-bond donors (Lipinski definition) is 2. The minimum absolute atomic E-state index is 0.0811. The highest BCUT2D eigenvalue weighted by Gasteiger charge is 2.38. The lowest BCUT2D eigenvalue weighted by Crippen LogP contribution is -2.30. The van der Waals surface area contributed by atoms with Crippen molar-refractivity contribution in [2.75, 3.05) is 30.2 Å². The molecule has 30 heavy (non-hydrogen) atoms. The molecule has 2 heterocycles. The highest BCUT2D eigenvalue weighted by molar-refractivity contribution is 7.92. The fraction of sp³-hybridized carbons (Fsp3) is 0.389. The van der Waals surface area contributed by atoms with Crippen molar-refractivity contribution in [2.45, 2.75) is 12.8 Å². The monoisotopic (exact) mass is 457 g/mol. The summed E-state index contributed by atoms with van der Waals surface area (Å²) in [4.78, 5) is 11.5. The van der Waals surface area contributed by atoms with Gasteiger partial charge in [-0.2, -0.15) is 8.42 Å². The number of amides is 1. The Morgan fingerprint density at radius 3 is 2.63 bits per heavy atom. The van der Waals surface area contributed by atoms with Crippen molar-refractivity contribution in [1.82, 2.24) is 9.03 Å². The summed E-state index contributed by atoms with van der Waals surface area (Å²) in [6, 6.07) is 6.19. The average molecular weight is 458 g/mol. The van der Waals surface area contributed by atoms with Crippen molar-refractivity contribution in [2.24, 2.45) is 5.92 Å². The van der Waals surface area contributed by atoms with E-state index in [1.807, 2.05) is 0 Å². The topological polar surface area (TPSA) is 124 Å².